The second kappa shape index (κ2) is 4.01. The lowest BCUT2D eigenvalue weighted by Gasteiger charge is -2.46. The van der Waals surface area contributed by atoms with Crippen LogP contribution in [-0.4, -0.2) is 12.6 Å². The zero-order valence-corrected chi connectivity index (χ0v) is 11.8. The van der Waals surface area contributed by atoms with E-state index in [1.54, 1.807) is 0 Å². The van der Waals surface area contributed by atoms with Gasteiger partial charge in [0.1, 0.15) is 0 Å². The molecule has 94 valence electrons. The molecule has 0 heterocycles. The van der Waals surface area contributed by atoms with E-state index in [9.17, 15) is 0 Å². The molecule has 4 unspecified atom stereocenters. The molecule has 0 aromatic carbocycles. The molecule has 2 fully saturated rings. The van der Waals surface area contributed by atoms with E-state index in [-0.39, 0.29) is 0 Å². The molecule has 1 heteroatoms. The monoisotopic (exact) mass is 223 g/mol. The van der Waals surface area contributed by atoms with Gasteiger partial charge in [-0.1, -0.05) is 27.7 Å². The molecule has 4 atom stereocenters. The molecule has 0 spiro atoms. The molecule has 2 bridgehead atoms. The molecule has 2 aliphatic rings. The normalized spacial score (nSPS) is 42.6. The van der Waals surface area contributed by atoms with E-state index in [0.717, 1.165) is 11.8 Å². The van der Waals surface area contributed by atoms with Crippen LogP contribution in [0, 0.1) is 22.7 Å². The van der Waals surface area contributed by atoms with E-state index in [2.05, 4.69) is 39.9 Å². The van der Waals surface area contributed by atoms with Crippen molar-refractivity contribution in [3.05, 3.63) is 0 Å². The number of hydrogen-bond acceptors (Lipinski definition) is 1. The summed E-state index contributed by atoms with van der Waals surface area (Å²) in [7, 11) is 0. The van der Waals surface area contributed by atoms with Gasteiger partial charge < -0.3 is 5.32 Å². The molecule has 0 aliphatic heterocycles. The highest BCUT2D eigenvalue weighted by molar-refractivity contribution is 5.10. The first-order chi connectivity index (χ1) is 7.42. The van der Waals surface area contributed by atoms with Crippen LogP contribution in [0.25, 0.3) is 0 Å². The van der Waals surface area contributed by atoms with Crippen molar-refractivity contribution in [1.29, 1.82) is 0 Å². The fourth-order valence-corrected chi connectivity index (χ4v) is 5.08. The van der Waals surface area contributed by atoms with E-state index in [1.165, 1.54) is 32.2 Å². The van der Waals surface area contributed by atoms with Gasteiger partial charge in [-0.25, -0.2) is 0 Å². The summed E-state index contributed by atoms with van der Waals surface area (Å²) in [6, 6.07) is 0.685. The smallest absolute Gasteiger partial charge is 0.00774 e. The van der Waals surface area contributed by atoms with Gasteiger partial charge in [0, 0.05) is 6.04 Å². The fourth-order valence-electron chi connectivity index (χ4n) is 5.08. The minimum atomic E-state index is 0.549. The first-order valence-electron chi connectivity index (χ1n) is 7.15. The Hall–Kier alpha value is -0.0400. The standard InChI is InChI=1S/C15H29N/c1-6-9-16-11(2)13-14(3,4)12-7-8-15(13,5)10-12/h11-13,16H,6-10H2,1-5H3. The first kappa shape index (κ1) is 12.4. The quantitative estimate of drug-likeness (QED) is 0.763. The van der Waals surface area contributed by atoms with Gasteiger partial charge in [-0.05, 0) is 61.8 Å². The van der Waals surface area contributed by atoms with Crippen LogP contribution >= 0.6 is 0 Å². The van der Waals surface area contributed by atoms with Gasteiger partial charge in [-0.15, -0.1) is 0 Å². The second-order valence-corrected chi connectivity index (χ2v) is 7.14. The van der Waals surface area contributed by atoms with Crippen LogP contribution in [0.2, 0.25) is 0 Å². The van der Waals surface area contributed by atoms with E-state index < -0.39 is 0 Å². The van der Waals surface area contributed by atoms with Crippen molar-refractivity contribution in [3.8, 4) is 0 Å². The molecule has 0 amide bonds. The Kier molecular flexibility index (Phi) is 3.11. The molecule has 1 nitrogen and oxygen atoms in total. The highest BCUT2D eigenvalue weighted by Gasteiger charge is 2.60. The van der Waals surface area contributed by atoms with Gasteiger partial charge in [-0.3, -0.25) is 0 Å². The van der Waals surface area contributed by atoms with Crippen LogP contribution in [0.4, 0.5) is 0 Å². The van der Waals surface area contributed by atoms with Crippen molar-refractivity contribution in [1.82, 2.24) is 5.32 Å². The Bertz CT molecular complexity index is 253. The van der Waals surface area contributed by atoms with Crippen LogP contribution < -0.4 is 5.32 Å². The first-order valence-corrected chi connectivity index (χ1v) is 7.15. The van der Waals surface area contributed by atoms with Crippen molar-refractivity contribution in [2.75, 3.05) is 6.54 Å². The Morgan fingerprint density at radius 3 is 2.50 bits per heavy atom. The molecular weight excluding hydrogens is 194 g/mol. The third-order valence-electron chi connectivity index (χ3n) is 5.60. The van der Waals surface area contributed by atoms with Gasteiger partial charge in [0.25, 0.3) is 0 Å². The Morgan fingerprint density at radius 2 is 2.00 bits per heavy atom. The average molecular weight is 223 g/mol. The average Bonchev–Trinajstić information content (AvgIpc) is 2.65. The highest BCUT2D eigenvalue weighted by Crippen LogP contribution is 2.66. The predicted molar refractivity (Wildman–Crippen MR) is 70.5 cm³/mol. The largest absolute Gasteiger partial charge is 0.314 e. The van der Waals surface area contributed by atoms with Crippen LogP contribution in [0.15, 0.2) is 0 Å². The lowest BCUT2D eigenvalue weighted by Crippen LogP contribution is -2.48. The van der Waals surface area contributed by atoms with E-state index in [4.69, 9.17) is 0 Å². The van der Waals surface area contributed by atoms with E-state index in [1.807, 2.05) is 0 Å². The third kappa shape index (κ3) is 1.72. The number of hydrogen-bond donors (Lipinski definition) is 1. The zero-order chi connectivity index (χ0) is 12.0. The summed E-state index contributed by atoms with van der Waals surface area (Å²) in [6.45, 7) is 13.4. The maximum absolute atomic E-state index is 3.74. The molecule has 2 rings (SSSR count). The molecule has 0 aromatic heterocycles. The summed E-state index contributed by atoms with van der Waals surface area (Å²) >= 11 is 0. The summed E-state index contributed by atoms with van der Waals surface area (Å²) in [5, 5.41) is 3.74. The van der Waals surface area contributed by atoms with Crippen molar-refractivity contribution in [3.63, 3.8) is 0 Å². The van der Waals surface area contributed by atoms with E-state index >= 15 is 0 Å². The molecule has 16 heavy (non-hydrogen) atoms. The SMILES string of the molecule is CCCNC(C)C1C2(C)CCC(C2)C1(C)C. The van der Waals surface area contributed by atoms with Crippen molar-refractivity contribution in [2.24, 2.45) is 22.7 Å². The molecule has 0 aromatic rings. The van der Waals surface area contributed by atoms with Crippen LogP contribution in [0.5, 0.6) is 0 Å². The Balaban J connectivity index is 2.13. The van der Waals surface area contributed by atoms with Gasteiger partial charge in [0.2, 0.25) is 0 Å². The molecule has 0 saturated heterocycles. The number of fused-ring (bicyclic) bond motifs is 2. The summed E-state index contributed by atoms with van der Waals surface area (Å²) in [5.41, 5.74) is 1.17. The van der Waals surface area contributed by atoms with Gasteiger partial charge in [0.15, 0.2) is 0 Å². The van der Waals surface area contributed by atoms with Crippen molar-refractivity contribution >= 4 is 0 Å². The molecule has 2 aliphatic carbocycles. The molecule has 2 saturated carbocycles. The third-order valence-corrected chi connectivity index (χ3v) is 5.60. The lowest BCUT2D eigenvalue weighted by molar-refractivity contribution is 0.0463. The molecular formula is C15H29N. The number of nitrogens with one attached hydrogen (secondary N) is 1. The summed E-state index contributed by atoms with van der Waals surface area (Å²) < 4.78 is 0. The highest BCUT2D eigenvalue weighted by atomic mass is 14.9. The maximum Gasteiger partial charge on any atom is 0.00774 e. The number of rotatable bonds is 4. The topological polar surface area (TPSA) is 12.0 Å². The summed E-state index contributed by atoms with van der Waals surface area (Å²) in [6.07, 6.45) is 5.66. The summed E-state index contributed by atoms with van der Waals surface area (Å²) in [4.78, 5) is 0. The van der Waals surface area contributed by atoms with Gasteiger partial charge >= 0.3 is 0 Å². The van der Waals surface area contributed by atoms with Gasteiger partial charge in [0.05, 0.1) is 0 Å². The van der Waals surface area contributed by atoms with Crippen molar-refractivity contribution in [2.45, 2.75) is 66.3 Å². The van der Waals surface area contributed by atoms with Crippen LogP contribution in [0.3, 0.4) is 0 Å². The minimum absolute atomic E-state index is 0.549. The Labute approximate surface area is 101 Å². The maximum atomic E-state index is 3.74. The molecule has 1 N–H and O–H groups in total. The minimum Gasteiger partial charge on any atom is -0.314 e. The Morgan fingerprint density at radius 1 is 1.31 bits per heavy atom. The lowest BCUT2D eigenvalue weighted by atomic mass is 9.61. The molecule has 0 radical (unpaired) electrons. The van der Waals surface area contributed by atoms with Crippen LogP contribution in [-0.2, 0) is 0 Å². The van der Waals surface area contributed by atoms with E-state index in [0.29, 0.717) is 16.9 Å². The second-order valence-electron chi connectivity index (χ2n) is 7.14. The zero-order valence-electron chi connectivity index (χ0n) is 11.8. The predicted octanol–water partition coefficient (Wildman–Crippen LogP) is 3.84. The van der Waals surface area contributed by atoms with Crippen molar-refractivity contribution < 1.29 is 0 Å². The van der Waals surface area contributed by atoms with Crippen LogP contribution in [0.1, 0.15) is 60.3 Å². The fraction of sp³-hybridized carbons (Fsp3) is 1.00. The van der Waals surface area contributed by atoms with Gasteiger partial charge in [-0.2, -0.15) is 0 Å². The summed E-state index contributed by atoms with van der Waals surface area (Å²) in [5.74, 6) is 1.85.